The van der Waals surface area contributed by atoms with E-state index in [9.17, 15) is 19.5 Å². The molecule has 166 valence electrons. The Morgan fingerprint density at radius 1 is 1.23 bits per heavy atom. The Hall–Kier alpha value is -2.41. The van der Waals surface area contributed by atoms with Crippen LogP contribution in [0, 0.1) is 5.41 Å². The van der Waals surface area contributed by atoms with Gasteiger partial charge in [0.1, 0.15) is 12.6 Å². The van der Waals surface area contributed by atoms with Crippen molar-refractivity contribution in [3.05, 3.63) is 35.9 Å². The highest BCUT2D eigenvalue weighted by Crippen LogP contribution is 2.27. The summed E-state index contributed by atoms with van der Waals surface area (Å²) in [5, 5.41) is 13.1. The van der Waals surface area contributed by atoms with Crippen molar-refractivity contribution in [3.8, 4) is 0 Å². The summed E-state index contributed by atoms with van der Waals surface area (Å²) in [6.07, 6.45) is 0.476. The van der Waals surface area contributed by atoms with Crippen LogP contribution in [0.4, 0.5) is 4.79 Å². The third kappa shape index (κ3) is 6.29. The number of Topliss-reactive ketones (excluding diaryl/α,β-unsaturated/α-hetero) is 1. The van der Waals surface area contributed by atoms with Crippen LogP contribution >= 0.6 is 0 Å². The fourth-order valence-corrected chi connectivity index (χ4v) is 3.66. The fraction of sp³-hybridized carbons (Fsp3) is 0.609. The average Bonchev–Trinajstić information content (AvgIpc) is 3.19. The number of nitrogens with zero attached hydrogens (tertiary/aromatic N) is 1. The number of hydrogen-bond acceptors (Lipinski definition) is 5. The lowest BCUT2D eigenvalue weighted by atomic mass is 9.85. The van der Waals surface area contributed by atoms with Gasteiger partial charge in [0, 0.05) is 12.0 Å². The molecule has 0 radical (unpaired) electrons. The Labute approximate surface area is 178 Å². The molecule has 7 heteroatoms. The summed E-state index contributed by atoms with van der Waals surface area (Å²) in [7, 11) is 0. The van der Waals surface area contributed by atoms with E-state index in [1.54, 1.807) is 0 Å². The maximum Gasteiger partial charge on any atom is 0.408 e. The number of alkyl carbamates (subject to hydrolysis) is 1. The minimum absolute atomic E-state index is 0.0104. The molecular formula is C23H34N2O5. The largest absolute Gasteiger partial charge is 0.445 e. The van der Waals surface area contributed by atoms with Crippen molar-refractivity contribution in [2.45, 2.75) is 78.2 Å². The summed E-state index contributed by atoms with van der Waals surface area (Å²) in [6, 6.07) is 7.52. The number of amides is 2. The average molecular weight is 419 g/mol. The molecule has 3 atom stereocenters. The van der Waals surface area contributed by atoms with Crippen LogP contribution in [0.25, 0.3) is 0 Å². The molecule has 2 amide bonds. The standard InChI is InChI=1S/C23H34N2O5/c1-5-10-18(26)19(24-22(29)30-15-16-11-7-6-8-12-16)21(28)25-14-9-13-17(25)20(27)23(2,3)4/h6-8,11-12,17-19,26H,5,9-10,13-15H2,1-4H3,(H,24,29). The zero-order valence-electron chi connectivity index (χ0n) is 18.4. The SMILES string of the molecule is CCCC(O)C(NC(=O)OCc1ccccc1)C(=O)N1CCCC1C(=O)C(C)(C)C. The van der Waals surface area contributed by atoms with E-state index < -0.39 is 35.6 Å². The van der Waals surface area contributed by atoms with Gasteiger partial charge in [-0.25, -0.2) is 4.79 Å². The van der Waals surface area contributed by atoms with Crippen LogP contribution in [-0.2, 0) is 20.9 Å². The lowest BCUT2D eigenvalue weighted by molar-refractivity contribution is -0.144. The molecular weight excluding hydrogens is 384 g/mol. The summed E-state index contributed by atoms with van der Waals surface area (Å²) in [5.41, 5.74) is 0.243. The molecule has 2 rings (SSSR count). The monoisotopic (exact) mass is 418 g/mol. The van der Waals surface area contributed by atoms with Gasteiger partial charge in [-0.05, 0) is 24.8 Å². The number of likely N-dealkylation sites (tertiary alicyclic amines) is 1. The van der Waals surface area contributed by atoms with Gasteiger partial charge in [0.2, 0.25) is 5.91 Å². The van der Waals surface area contributed by atoms with Gasteiger partial charge < -0.3 is 20.1 Å². The minimum Gasteiger partial charge on any atom is -0.445 e. The third-order valence-electron chi connectivity index (χ3n) is 5.30. The molecule has 3 unspecified atom stereocenters. The van der Waals surface area contributed by atoms with Gasteiger partial charge in [0.05, 0.1) is 12.1 Å². The summed E-state index contributed by atoms with van der Waals surface area (Å²) in [5.74, 6) is -0.448. The maximum absolute atomic E-state index is 13.3. The third-order valence-corrected chi connectivity index (χ3v) is 5.30. The maximum atomic E-state index is 13.3. The Balaban J connectivity index is 2.10. The number of carbonyl (C=O) groups excluding carboxylic acids is 3. The molecule has 1 fully saturated rings. The number of ketones is 1. The number of hydrogen-bond donors (Lipinski definition) is 2. The van der Waals surface area contributed by atoms with E-state index in [4.69, 9.17) is 4.74 Å². The number of nitrogens with one attached hydrogen (secondary N) is 1. The molecule has 0 aliphatic carbocycles. The highest BCUT2D eigenvalue weighted by Gasteiger charge is 2.42. The van der Waals surface area contributed by atoms with Crippen molar-refractivity contribution < 1.29 is 24.2 Å². The first kappa shape index (κ1) is 23.9. The van der Waals surface area contributed by atoms with Gasteiger partial charge in [-0.15, -0.1) is 0 Å². The Bertz CT molecular complexity index is 729. The number of aliphatic hydroxyl groups excluding tert-OH is 1. The molecule has 1 saturated heterocycles. The minimum atomic E-state index is -1.15. The van der Waals surface area contributed by atoms with E-state index in [2.05, 4.69) is 5.32 Å². The van der Waals surface area contributed by atoms with Crippen LogP contribution in [0.3, 0.4) is 0 Å². The predicted octanol–water partition coefficient (Wildman–Crippen LogP) is 3.05. The van der Waals surface area contributed by atoms with Crippen molar-refractivity contribution in [3.63, 3.8) is 0 Å². The van der Waals surface area contributed by atoms with Gasteiger partial charge >= 0.3 is 6.09 Å². The summed E-state index contributed by atoms with van der Waals surface area (Å²) >= 11 is 0. The van der Waals surface area contributed by atoms with Crippen LogP contribution in [0.1, 0.15) is 58.9 Å². The number of ether oxygens (including phenoxy) is 1. The first-order chi connectivity index (χ1) is 14.1. The molecule has 0 bridgehead atoms. The van der Waals surface area contributed by atoms with E-state index >= 15 is 0 Å². The molecule has 7 nitrogen and oxygen atoms in total. The fourth-order valence-electron chi connectivity index (χ4n) is 3.66. The first-order valence-corrected chi connectivity index (χ1v) is 10.6. The Morgan fingerprint density at radius 2 is 1.90 bits per heavy atom. The normalized spacial score (nSPS) is 18.6. The lowest BCUT2D eigenvalue weighted by Gasteiger charge is -2.33. The van der Waals surface area contributed by atoms with Gasteiger partial charge in [-0.2, -0.15) is 0 Å². The van der Waals surface area contributed by atoms with Crippen LogP contribution < -0.4 is 5.32 Å². The van der Waals surface area contributed by atoms with Crippen LogP contribution in [0.15, 0.2) is 30.3 Å². The molecule has 2 N–H and O–H groups in total. The quantitative estimate of drug-likeness (QED) is 0.676. The molecule has 0 spiro atoms. The molecule has 0 saturated carbocycles. The number of rotatable bonds is 8. The second kappa shape index (κ2) is 10.6. The number of aliphatic hydroxyl groups is 1. The van der Waals surface area contributed by atoms with E-state index in [0.29, 0.717) is 32.2 Å². The zero-order valence-corrected chi connectivity index (χ0v) is 18.4. The van der Waals surface area contributed by atoms with Crippen molar-refractivity contribution in [2.24, 2.45) is 5.41 Å². The van der Waals surface area contributed by atoms with E-state index in [0.717, 1.165) is 5.56 Å². The number of benzene rings is 1. The van der Waals surface area contributed by atoms with Crippen molar-refractivity contribution in [1.82, 2.24) is 10.2 Å². The molecule has 1 aromatic carbocycles. The lowest BCUT2D eigenvalue weighted by Crippen LogP contribution is -2.57. The zero-order chi connectivity index (χ0) is 22.3. The van der Waals surface area contributed by atoms with Gasteiger partial charge in [-0.1, -0.05) is 64.4 Å². The van der Waals surface area contributed by atoms with E-state index in [-0.39, 0.29) is 12.4 Å². The highest BCUT2D eigenvalue weighted by molar-refractivity contribution is 5.95. The molecule has 1 aliphatic heterocycles. The summed E-state index contributed by atoms with van der Waals surface area (Å²) in [6.45, 7) is 7.88. The van der Waals surface area contributed by atoms with Crippen LogP contribution in [0.5, 0.6) is 0 Å². The van der Waals surface area contributed by atoms with Gasteiger partial charge in [0.15, 0.2) is 5.78 Å². The molecule has 1 heterocycles. The molecule has 1 aliphatic rings. The Morgan fingerprint density at radius 3 is 2.50 bits per heavy atom. The molecule has 0 aromatic heterocycles. The smallest absolute Gasteiger partial charge is 0.408 e. The summed E-state index contributed by atoms with van der Waals surface area (Å²) in [4.78, 5) is 39.9. The molecule has 30 heavy (non-hydrogen) atoms. The number of carbonyl (C=O) groups is 3. The second-order valence-electron chi connectivity index (χ2n) is 8.84. The van der Waals surface area contributed by atoms with Gasteiger partial charge in [-0.3, -0.25) is 9.59 Å². The van der Waals surface area contributed by atoms with Crippen molar-refractivity contribution in [2.75, 3.05) is 6.54 Å². The molecule has 1 aromatic rings. The van der Waals surface area contributed by atoms with Crippen molar-refractivity contribution >= 4 is 17.8 Å². The van der Waals surface area contributed by atoms with Crippen LogP contribution in [-0.4, -0.2) is 52.5 Å². The van der Waals surface area contributed by atoms with E-state index in [1.165, 1.54) is 4.90 Å². The van der Waals surface area contributed by atoms with E-state index in [1.807, 2.05) is 58.0 Å². The Kier molecular flexibility index (Phi) is 8.41. The van der Waals surface area contributed by atoms with Crippen molar-refractivity contribution in [1.29, 1.82) is 0 Å². The first-order valence-electron chi connectivity index (χ1n) is 10.6. The van der Waals surface area contributed by atoms with Crippen LogP contribution in [0.2, 0.25) is 0 Å². The van der Waals surface area contributed by atoms with Gasteiger partial charge in [0.25, 0.3) is 0 Å². The highest BCUT2D eigenvalue weighted by atomic mass is 16.5. The summed E-state index contributed by atoms with van der Waals surface area (Å²) < 4.78 is 5.23. The predicted molar refractivity (Wildman–Crippen MR) is 114 cm³/mol. The second-order valence-corrected chi connectivity index (χ2v) is 8.84. The topological polar surface area (TPSA) is 95.9 Å².